The molecule has 0 radical (unpaired) electrons. The first-order valence-corrected chi connectivity index (χ1v) is 8.27. The van der Waals surface area contributed by atoms with Gasteiger partial charge in [0.1, 0.15) is 10.7 Å². The van der Waals surface area contributed by atoms with Gasteiger partial charge in [0.05, 0.1) is 0 Å². The van der Waals surface area contributed by atoms with Crippen molar-refractivity contribution in [2.45, 2.75) is 17.9 Å². The highest BCUT2D eigenvalue weighted by Gasteiger charge is 2.23. The molecule has 0 fully saturated rings. The monoisotopic (exact) mass is 347 g/mol. The molecule has 0 aliphatic carbocycles. The minimum atomic E-state index is -4.01. The number of rotatable bonds is 4. The molecule has 0 aromatic heterocycles. The Bertz CT molecular complexity index is 765. The fourth-order valence-electron chi connectivity index (χ4n) is 1.88. The van der Waals surface area contributed by atoms with Gasteiger partial charge in [0.2, 0.25) is 10.0 Å². The van der Waals surface area contributed by atoms with Crippen molar-refractivity contribution in [3.05, 3.63) is 63.9 Å². The fraction of sp³-hybridized carbons (Fsp3) is 0.143. The smallest absolute Gasteiger partial charge is 0.207 e. The topological polar surface area (TPSA) is 46.2 Å². The van der Waals surface area contributed by atoms with E-state index in [0.717, 1.165) is 12.1 Å². The number of sulfonamides is 1. The predicted molar refractivity (Wildman–Crippen MR) is 81.6 cm³/mol. The average Bonchev–Trinajstić information content (AvgIpc) is 2.37. The molecule has 0 aliphatic rings. The van der Waals surface area contributed by atoms with Gasteiger partial charge in [-0.2, -0.15) is 0 Å². The minimum Gasteiger partial charge on any atom is -0.207 e. The SMILES string of the molecule is CC(NS(=O)(=O)c1ccc(Cl)cc1F)c1ccccc1Cl. The van der Waals surface area contributed by atoms with E-state index >= 15 is 0 Å². The first-order chi connectivity index (χ1) is 9.81. The summed E-state index contributed by atoms with van der Waals surface area (Å²) in [5, 5.41) is 0.565. The zero-order chi connectivity index (χ0) is 15.6. The van der Waals surface area contributed by atoms with Crippen molar-refractivity contribution >= 4 is 33.2 Å². The highest BCUT2D eigenvalue weighted by atomic mass is 35.5. The number of halogens is 3. The van der Waals surface area contributed by atoms with Crippen LogP contribution in [0.5, 0.6) is 0 Å². The maximum absolute atomic E-state index is 13.7. The Morgan fingerprint density at radius 1 is 1.14 bits per heavy atom. The van der Waals surface area contributed by atoms with Gasteiger partial charge in [0.15, 0.2) is 0 Å². The van der Waals surface area contributed by atoms with Gasteiger partial charge in [-0.25, -0.2) is 17.5 Å². The van der Waals surface area contributed by atoms with Gasteiger partial charge in [-0.3, -0.25) is 0 Å². The third-order valence-electron chi connectivity index (χ3n) is 2.89. The Labute approximate surface area is 132 Å². The van der Waals surface area contributed by atoms with Crippen LogP contribution in [0.2, 0.25) is 10.0 Å². The molecule has 0 spiro atoms. The largest absolute Gasteiger partial charge is 0.244 e. The number of benzene rings is 2. The van der Waals surface area contributed by atoms with E-state index in [-0.39, 0.29) is 5.02 Å². The van der Waals surface area contributed by atoms with Crippen molar-refractivity contribution in [2.75, 3.05) is 0 Å². The summed E-state index contributed by atoms with van der Waals surface area (Å²) in [7, 11) is -4.01. The van der Waals surface area contributed by atoms with Crippen molar-refractivity contribution in [1.82, 2.24) is 4.72 Å². The molecule has 0 heterocycles. The van der Waals surface area contributed by atoms with Gasteiger partial charge in [-0.15, -0.1) is 0 Å². The molecule has 0 aliphatic heterocycles. The molecule has 1 atom stereocenters. The molecule has 2 rings (SSSR count). The third kappa shape index (κ3) is 3.74. The van der Waals surface area contributed by atoms with Crippen LogP contribution in [-0.2, 0) is 10.0 Å². The maximum atomic E-state index is 13.7. The highest BCUT2D eigenvalue weighted by molar-refractivity contribution is 7.89. The molecule has 0 saturated heterocycles. The molecule has 0 amide bonds. The summed E-state index contributed by atoms with van der Waals surface area (Å²) in [5.41, 5.74) is 0.608. The van der Waals surface area contributed by atoms with E-state index in [1.54, 1.807) is 31.2 Å². The van der Waals surface area contributed by atoms with Crippen molar-refractivity contribution < 1.29 is 12.8 Å². The van der Waals surface area contributed by atoms with E-state index in [0.29, 0.717) is 10.6 Å². The standard InChI is InChI=1S/C14H12Cl2FNO2S/c1-9(11-4-2-3-5-12(11)16)18-21(19,20)14-7-6-10(15)8-13(14)17/h2-9,18H,1H3. The first-order valence-electron chi connectivity index (χ1n) is 6.03. The zero-order valence-corrected chi connectivity index (χ0v) is 13.3. The van der Waals surface area contributed by atoms with Gasteiger partial charge >= 0.3 is 0 Å². The van der Waals surface area contributed by atoms with Crippen molar-refractivity contribution in [1.29, 1.82) is 0 Å². The van der Waals surface area contributed by atoms with E-state index in [9.17, 15) is 12.8 Å². The second-order valence-electron chi connectivity index (χ2n) is 4.44. The van der Waals surface area contributed by atoms with Crippen LogP contribution in [0.3, 0.4) is 0 Å². The summed E-state index contributed by atoms with van der Waals surface area (Å²) in [6, 6.07) is 9.65. The molecule has 0 saturated carbocycles. The lowest BCUT2D eigenvalue weighted by atomic mass is 10.1. The third-order valence-corrected chi connectivity index (χ3v) is 5.04. The van der Waals surface area contributed by atoms with Gasteiger partial charge in [-0.1, -0.05) is 41.4 Å². The summed E-state index contributed by atoms with van der Waals surface area (Å²) in [5.74, 6) is -0.902. The van der Waals surface area contributed by atoms with Crippen LogP contribution in [0.4, 0.5) is 4.39 Å². The number of hydrogen-bond acceptors (Lipinski definition) is 2. The fourth-order valence-corrected chi connectivity index (χ4v) is 3.62. The molecule has 2 aromatic carbocycles. The van der Waals surface area contributed by atoms with Crippen LogP contribution >= 0.6 is 23.2 Å². The van der Waals surface area contributed by atoms with Crippen molar-refractivity contribution in [2.24, 2.45) is 0 Å². The van der Waals surface area contributed by atoms with Crippen molar-refractivity contribution in [3.8, 4) is 0 Å². The predicted octanol–water partition coefficient (Wildman–Crippen LogP) is 4.17. The summed E-state index contributed by atoms with van der Waals surface area (Å²) in [4.78, 5) is -0.453. The molecule has 1 N–H and O–H groups in total. The molecule has 112 valence electrons. The molecule has 0 bridgehead atoms. The van der Waals surface area contributed by atoms with E-state index in [4.69, 9.17) is 23.2 Å². The molecular formula is C14H12Cl2FNO2S. The average molecular weight is 348 g/mol. The Morgan fingerprint density at radius 2 is 1.81 bits per heavy atom. The second-order valence-corrected chi connectivity index (χ2v) is 6.97. The lowest BCUT2D eigenvalue weighted by Gasteiger charge is -2.16. The van der Waals surface area contributed by atoms with E-state index in [1.807, 2.05) is 0 Å². The second kappa shape index (κ2) is 6.32. The molecule has 21 heavy (non-hydrogen) atoms. The van der Waals surface area contributed by atoms with Gasteiger partial charge in [0.25, 0.3) is 0 Å². The van der Waals surface area contributed by atoms with Crippen LogP contribution in [-0.4, -0.2) is 8.42 Å². The Morgan fingerprint density at radius 3 is 2.43 bits per heavy atom. The van der Waals surface area contributed by atoms with Crippen LogP contribution < -0.4 is 4.72 Å². The number of nitrogens with one attached hydrogen (secondary N) is 1. The Balaban J connectivity index is 2.31. The maximum Gasteiger partial charge on any atom is 0.244 e. The normalized spacial score (nSPS) is 13.1. The van der Waals surface area contributed by atoms with Crippen LogP contribution in [0.15, 0.2) is 47.4 Å². The van der Waals surface area contributed by atoms with E-state index in [1.165, 1.54) is 6.07 Å². The summed E-state index contributed by atoms with van der Waals surface area (Å²) in [6.07, 6.45) is 0. The summed E-state index contributed by atoms with van der Waals surface area (Å²) in [6.45, 7) is 1.63. The van der Waals surface area contributed by atoms with Crippen LogP contribution in [0.1, 0.15) is 18.5 Å². The van der Waals surface area contributed by atoms with E-state index < -0.39 is 26.8 Å². The summed E-state index contributed by atoms with van der Waals surface area (Å²) < 4.78 is 40.6. The van der Waals surface area contributed by atoms with Crippen LogP contribution in [0, 0.1) is 5.82 Å². The Hall–Kier alpha value is -1.14. The number of hydrogen-bond donors (Lipinski definition) is 1. The van der Waals surface area contributed by atoms with Crippen molar-refractivity contribution in [3.63, 3.8) is 0 Å². The molecule has 3 nitrogen and oxygen atoms in total. The molecule has 7 heteroatoms. The molecular weight excluding hydrogens is 336 g/mol. The van der Waals surface area contributed by atoms with Gasteiger partial charge in [-0.05, 0) is 36.8 Å². The van der Waals surface area contributed by atoms with Crippen LogP contribution in [0.25, 0.3) is 0 Å². The lowest BCUT2D eigenvalue weighted by molar-refractivity contribution is 0.547. The minimum absolute atomic E-state index is 0.130. The molecule has 1 unspecified atom stereocenters. The van der Waals surface area contributed by atoms with Gasteiger partial charge in [0, 0.05) is 16.1 Å². The molecule has 2 aromatic rings. The first kappa shape index (κ1) is 16.2. The quantitative estimate of drug-likeness (QED) is 0.901. The highest BCUT2D eigenvalue weighted by Crippen LogP contribution is 2.25. The lowest BCUT2D eigenvalue weighted by Crippen LogP contribution is -2.27. The Kier molecular flexibility index (Phi) is 4.88. The zero-order valence-electron chi connectivity index (χ0n) is 11.0. The van der Waals surface area contributed by atoms with E-state index in [2.05, 4.69) is 4.72 Å². The summed E-state index contributed by atoms with van der Waals surface area (Å²) >= 11 is 11.6. The van der Waals surface area contributed by atoms with Gasteiger partial charge < -0.3 is 0 Å².